The summed E-state index contributed by atoms with van der Waals surface area (Å²) in [6, 6.07) is 0.956. The zero-order valence-electron chi connectivity index (χ0n) is 11.3. The van der Waals surface area contributed by atoms with Crippen LogP contribution in [0.5, 0.6) is 0 Å². The second-order valence-electron chi connectivity index (χ2n) is 4.52. The summed E-state index contributed by atoms with van der Waals surface area (Å²) in [5.41, 5.74) is 5.00. The first-order valence-electron chi connectivity index (χ1n) is 6.14. The lowest BCUT2D eigenvalue weighted by Gasteiger charge is -2.14. The van der Waals surface area contributed by atoms with Gasteiger partial charge < -0.3 is 15.6 Å². The maximum absolute atomic E-state index is 12.1. The number of anilines is 1. The lowest BCUT2D eigenvalue weighted by Crippen LogP contribution is -2.35. The van der Waals surface area contributed by atoms with Crippen LogP contribution in [-0.4, -0.2) is 31.4 Å². The van der Waals surface area contributed by atoms with E-state index in [4.69, 9.17) is 5.73 Å². The summed E-state index contributed by atoms with van der Waals surface area (Å²) in [6.07, 6.45) is 5.98. The SMILES string of the molecule is CC(Cn1ccnc1)NC(=O)c1cc(N)ncc1[N+](=O)[O-]. The Hall–Kier alpha value is -2.97. The van der Waals surface area contributed by atoms with Crippen molar-refractivity contribution in [1.29, 1.82) is 0 Å². The van der Waals surface area contributed by atoms with Crippen LogP contribution in [0.15, 0.2) is 31.0 Å². The topological polar surface area (TPSA) is 129 Å². The quantitative estimate of drug-likeness (QED) is 0.612. The van der Waals surface area contributed by atoms with Gasteiger partial charge >= 0.3 is 0 Å². The summed E-state index contributed by atoms with van der Waals surface area (Å²) >= 11 is 0. The fraction of sp³-hybridized carbons (Fsp3) is 0.250. The number of amides is 1. The molecule has 110 valence electrons. The summed E-state index contributed by atoms with van der Waals surface area (Å²) < 4.78 is 1.79. The van der Waals surface area contributed by atoms with Gasteiger partial charge in [-0.05, 0) is 13.0 Å². The van der Waals surface area contributed by atoms with Gasteiger partial charge in [0.25, 0.3) is 11.6 Å². The van der Waals surface area contributed by atoms with Crippen LogP contribution in [0.2, 0.25) is 0 Å². The van der Waals surface area contributed by atoms with Gasteiger partial charge in [-0.3, -0.25) is 14.9 Å². The Kier molecular flexibility index (Phi) is 4.12. The van der Waals surface area contributed by atoms with E-state index in [1.165, 1.54) is 6.07 Å². The minimum Gasteiger partial charge on any atom is -0.384 e. The van der Waals surface area contributed by atoms with Crippen LogP contribution >= 0.6 is 0 Å². The Labute approximate surface area is 120 Å². The first-order valence-corrected chi connectivity index (χ1v) is 6.14. The lowest BCUT2D eigenvalue weighted by atomic mass is 10.2. The molecule has 0 saturated heterocycles. The number of nitrogens with one attached hydrogen (secondary N) is 1. The summed E-state index contributed by atoms with van der Waals surface area (Å²) in [7, 11) is 0. The molecule has 1 atom stereocenters. The normalized spacial score (nSPS) is 11.9. The molecule has 1 unspecified atom stereocenters. The van der Waals surface area contributed by atoms with Gasteiger partial charge in [0.05, 0.1) is 11.3 Å². The smallest absolute Gasteiger partial charge is 0.300 e. The molecule has 0 spiro atoms. The van der Waals surface area contributed by atoms with Crippen LogP contribution in [-0.2, 0) is 6.54 Å². The zero-order chi connectivity index (χ0) is 15.4. The second-order valence-corrected chi connectivity index (χ2v) is 4.52. The van der Waals surface area contributed by atoms with E-state index in [1.807, 2.05) is 0 Å². The van der Waals surface area contributed by atoms with Crippen molar-refractivity contribution in [3.05, 3.63) is 46.7 Å². The highest BCUT2D eigenvalue weighted by Crippen LogP contribution is 2.19. The Morgan fingerprint density at radius 1 is 1.62 bits per heavy atom. The maximum atomic E-state index is 12.1. The molecule has 2 aromatic rings. The van der Waals surface area contributed by atoms with E-state index in [0.29, 0.717) is 6.54 Å². The Morgan fingerprint density at radius 2 is 2.38 bits per heavy atom. The zero-order valence-corrected chi connectivity index (χ0v) is 11.3. The second kappa shape index (κ2) is 5.99. The average molecular weight is 290 g/mol. The molecule has 9 nitrogen and oxygen atoms in total. The lowest BCUT2D eigenvalue weighted by molar-refractivity contribution is -0.385. The molecule has 2 aromatic heterocycles. The van der Waals surface area contributed by atoms with Gasteiger partial charge in [0, 0.05) is 25.0 Å². The van der Waals surface area contributed by atoms with Gasteiger partial charge in [-0.1, -0.05) is 0 Å². The molecule has 0 aliphatic carbocycles. The van der Waals surface area contributed by atoms with Gasteiger partial charge in [-0.25, -0.2) is 9.97 Å². The van der Waals surface area contributed by atoms with Crippen LogP contribution < -0.4 is 11.1 Å². The van der Waals surface area contributed by atoms with E-state index < -0.39 is 10.8 Å². The average Bonchev–Trinajstić information content (AvgIpc) is 2.90. The van der Waals surface area contributed by atoms with Crippen LogP contribution in [0, 0.1) is 10.1 Å². The van der Waals surface area contributed by atoms with Crippen molar-refractivity contribution in [3.8, 4) is 0 Å². The molecular weight excluding hydrogens is 276 g/mol. The van der Waals surface area contributed by atoms with E-state index in [1.54, 1.807) is 30.2 Å². The number of nitrogens with two attached hydrogens (primary N) is 1. The Balaban J connectivity index is 2.12. The van der Waals surface area contributed by atoms with Gasteiger partial charge in [0.2, 0.25) is 0 Å². The molecule has 1 amide bonds. The standard InChI is InChI=1S/C12H14N6O3/c1-8(6-17-3-2-14-7-17)16-12(19)9-4-11(13)15-5-10(9)18(20)21/h2-5,7-8H,6H2,1H3,(H2,13,15)(H,16,19). The molecule has 0 bridgehead atoms. The number of carbonyl (C=O) groups is 1. The summed E-state index contributed by atoms with van der Waals surface area (Å²) in [6.45, 7) is 2.29. The molecular formula is C12H14N6O3. The molecule has 0 aliphatic heterocycles. The number of aromatic nitrogens is 3. The molecule has 0 fully saturated rings. The number of carbonyl (C=O) groups excluding carboxylic acids is 1. The van der Waals surface area contributed by atoms with Gasteiger partial charge in [0.1, 0.15) is 17.6 Å². The number of nitrogen functional groups attached to an aromatic ring is 1. The van der Waals surface area contributed by atoms with E-state index >= 15 is 0 Å². The van der Waals surface area contributed by atoms with Gasteiger partial charge in [-0.2, -0.15) is 0 Å². The molecule has 3 N–H and O–H groups in total. The molecule has 0 aliphatic rings. The van der Waals surface area contributed by atoms with Gasteiger partial charge in [0.15, 0.2) is 0 Å². The van der Waals surface area contributed by atoms with Crippen LogP contribution in [0.25, 0.3) is 0 Å². The Morgan fingerprint density at radius 3 is 3.00 bits per heavy atom. The number of pyridine rings is 1. The summed E-state index contributed by atoms with van der Waals surface area (Å²) in [5, 5.41) is 13.6. The molecule has 0 saturated carbocycles. The number of nitro groups is 1. The molecule has 0 radical (unpaired) electrons. The Bertz CT molecular complexity index is 655. The van der Waals surface area contributed by atoms with Crippen molar-refractivity contribution in [2.24, 2.45) is 0 Å². The third kappa shape index (κ3) is 3.53. The third-order valence-electron chi connectivity index (χ3n) is 2.77. The number of rotatable bonds is 5. The van der Waals surface area contributed by atoms with Crippen molar-refractivity contribution in [1.82, 2.24) is 19.9 Å². The highest BCUT2D eigenvalue weighted by atomic mass is 16.6. The number of imidazole rings is 1. The maximum Gasteiger partial charge on any atom is 0.300 e. The van der Waals surface area contributed by atoms with E-state index in [0.717, 1.165) is 6.20 Å². The highest BCUT2D eigenvalue weighted by Gasteiger charge is 2.22. The van der Waals surface area contributed by atoms with E-state index in [-0.39, 0.29) is 23.1 Å². The predicted molar refractivity (Wildman–Crippen MR) is 74.5 cm³/mol. The van der Waals surface area contributed by atoms with Crippen molar-refractivity contribution in [3.63, 3.8) is 0 Å². The monoisotopic (exact) mass is 290 g/mol. The van der Waals surface area contributed by atoms with Crippen LogP contribution in [0.4, 0.5) is 11.5 Å². The predicted octanol–water partition coefficient (Wildman–Crippen LogP) is 0.587. The van der Waals surface area contributed by atoms with E-state index in [2.05, 4.69) is 15.3 Å². The molecule has 2 heterocycles. The third-order valence-corrected chi connectivity index (χ3v) is 2.77. The molecule has 0 aromatic carbocycles. The van der Waals surface area contributed by atoms with Crippen molar-refractivity contribution in [2.75, 3.05) is 5.73 Å². The largest absolute Gasteiger partial charge is 0.384 e. The van der Waals surface area contributed by atoms with Crippen molar-refractivity contribution in [2.45, 2.75) is 19.5 Å². The van der Waals surface area contributed by atoms with Crippen LogP contribution in [0.3, 0.4) is 0 Å². The molecule has 2 rings (SSSR count). The fourth-order valence-corrected chi connectivity index (χ4v) is 1.85. The van der Waals surface area contributed by atoms with Crippen LogP contribution in [0.1, 0.15) is 17.3 Å². The summed E-state index contributed by atoms with van der Waals surface area (Å²) in [5.74, 6) is -0.517. The van der Waals surface area contributed by atoms with E-state index in [9.17, 15) is 14.9 Å². The molecule has 9 heteroatoms. The van der Waals surface area contributed by atoms with Crippen molar-refractivity contribution >= 4 is 17.4 Å². The fourth-order valence-electron chi connectivity index (χ4n) is 1.85. The first-order chi connectivity index (χ1) is 9.97. The molecule has 21 heavy (non-hydrogen) atoms. The number of hydrogen-bond acceptors (Lipinski definition) is 6. The first kappa shape index (κ1) is 14.4. The summed E-state index contributed by atoms with van der Waals surface area (Å²) in [4.78, 5) is 29.9. The highest BCUT2D eigenvalue weighted by molar-refractivity contribution is 5.98. The van der Waals surface area contributed by atoms with Gasteiger partial charge in [-0.15, -0.1) is 0 Å². The number of nitrogens with zero attached hydrogens (tertiary/aromatic N) is 4. The van der Waals surface area contributed by atoms with Crippen molar-refractivity contribution < 1.29 is 9.72 Å². The minimum atomic E-state index is -0.665. The minimum absolute atomic E-state index is 0.0491. The number of hydrogen-bond donors (Lipinski definition) is 2.